The van der Waals surface area contributed by atoms with E-state index in [-0.39, 0.29) is 5.15 Å². The van der Waals surface area contributed by atoms with Crippen LogP contribution in [-0.4, -0.2) is 40.0 Å². The summed E-state index contributed by atoms with van der Waals surface area (Å²) in [5.74, 6) is -0.348. The molecule has 1 unspecified atom stereocenters. The molecule has 1 aromatic heterocycles. The molecule has 0 amide bonds. The number of aromatic nitrogens is 2. The summed E-state index contributed by atoms with van der Waals surface area (Å²) in [6.07, 6.45) is 0. The fraction of sp³-hybridized carbons (Fsp3) is 0.500. The van der Waals surface area contributed by atoms with Crippen LogP contribution in [0.25, 0.3) is 0 Å². The zero-order chi connectivity index (χ0) is 10.9. The van der Waals surface area contributed by atoms with Gasteiger partial charge in [0.2, 0.25) is 0 Å². The second-order valence-corrected chi connectivity index (χ2v) is 3.59. The Labute approximate surface area is 86.7 Å². The molecule has 0 radical (unpaired) electrons. The van der Waals surface area contributed by atoms with Gasteiger partial charge in [-0.1, -0.05) is 11.6 Å². The van der Waals surface area contributed by atoms with Crippen molar-refractivity contribution < 1.29 is 9.90 Å². The molecule has 0 saturated carbocycles. The Morgan fingerprint density at radius 1 is 1.64 bits per heavy atom. The highest BCUT2D eigenvalue weighted by molar-refractivity contribution is 6.30. The molecule has 1 heterocycles. The minimum Gasteiger partial charge on any atom is -0.480 e. The highest BCUT2D eigenvalue weighted by Crippen LogP contribution is 2.23. The third-order valence-corrected chi connectivity index (χ3v) is 2.12. The quantitative estimate of drug-likeness (QED) is 0.795. The topological polar surface area (TPSA) is 69.2 Å². The molecule has 1 atom stereocenters. The third kappa shape index (κ3) is 2.05. The minimum atomic E-state index is -0.958. The smallest absolute Gasteiger partial charge is 0.327 e. The van der Waals surface area contributed by atoms with Crippen LogP contribution in [0, 0.1) is 6.92 Å². The number of hydrogen-bond donors (Lipinski definition) is 2. The number of aliphatic carboxylic acids is 1. The lowest BCUT2D eigenvalue weighted by Gasteiger charge is -2.18. The van der Waals surface area contributed by atoms with E-state index >= 15 is 0 Å². The van der Waals surface area contributed by atoms with E-state index in [0.29, 0.717) is 11.5 Å². The molecule has 0 aromatic carbocycles. The first kappa shape index (κ1) is 11.0. The highest BCUT2D eigenvalue weighted by atomic mass is 35.5. The molecular formula is C8H12ClN3O2. The van der Waals surface area contributed by atoms with E-state index in [1.165, 1.54) is 0 Å². The first-order chi connectivity index (χ1) is 6.43. The van der Waals surface area contributed by atoms with Crippen molar-refractivity contribution in [3.8, 4) is 0 Å². The van der Waals surface area contributed by atoms with Gasteiger partial charge in [0, 0.05) is 0 Å². The summed E-state index contributed by atoms with van der Waals surface area (Å²) >= 11 is 5.80. The number of imidazole rings is 1. The monoisotopic (exact) mass is 217 g/mol. The molecule has 0 saturated heterocycles. The number of aryl methyl sites for hydroxylation is 1. The summed E-state index contributed by atoms with van der Waals surface area (Å²) in [5.41, 5.74) is 0.418. The fourth-order valence-electron chi connectivity index (χ4n) is 1.27. The number of nitrogens with zero attached hydrogens (tertiary/aromatic N) is 2. The number of likely N-dealkylation sites (N-methyl/N-ethyl adjacent to an activating group) is 1. The van der Waals surface area contributed by atoms with Crippen LogP contribution in [0.15, 0.2) is 0 Å². The molecule has 0 fully saturated rings. The number of H-pyrrole nitrogens is 1. The maximum Gasteiger partial charge on any atom is 0.327 e. The first-order valence-corrected chi connectivity index (χ1v) is 4.42. The Morgan fingerprint density at radius 3 is 2.50 bits per heavy atom. The largest absolute Gasteiger partial charge is 0.480 e. The highest BCUT2D eigenvalue weighted by Gasteiger charge is 2.26. The third-order valence-electron chi connectivity index (χ3n) is 1.83. The Balaban J connectivity index is 3.11. The van der Waals surface area contributed by atoms with Crippen molar-refractivity contribution in [1.29, 1.82) is 0 Å². The van der Waals surface area contributed by atoms with Crippen LogP contribution in [0.4, 0.5) is 0 Å². The number of aromatic amines is 1. The molecule has 0 aliphatic rings. The summed E-state index contributed by atoms with van der Waals surface area (Å²) in [5, 5.41) is 9.19. The molecule has 1 aromatic rings. The van der Waals surface area contributed by atoms with Gasteiger partial charge in [-0.05, 0) is 21.0 Å². The van der Waals surface area contributed by atoms with E-state index in [0.717, 1.165) is 0 Å². The van der Waals surface area contributed by atoms with Gasteiger partial charge in [0.1, 0.15) is 5.82 Å². The van der Waals surface area contributed by atoms with Crippen molar-refractivity contribution >= 4 is 17.6 Å². The van der Waals surface area contributed by atoms with Gasteiger partial charge in [0.05, 0.1) is 5.69 Å². The van der Waals surface area contributed by atoms with Gasteiger partial charge >= 0.3 is 5.97 Å². The van der Waals surface area contributed by atoms with Gasteiger partial charge < -0.3 is 10.1 Å². The van der Waals surface area contributed by atoms with E-state index in [9.17, 15) is 4.79 Å². The average Bonchev–Trinajstić information content (AvgIpc) is 2.29. The van der Waals surface area contributed by atoms with E-state index in [2.05, 4.69) is 9.97 Å². The van der Waals surface area contributed by atoms with Crippen LogP contribution in [0.5, 0.6) is 0 Å². The van der Waals surface area contributed by atoms with Crippen LogP contribution in [0.1, 0.15) is 17.6 Å². The standard InChI is InChI=1S/C8H12ClN3O2/c1-4-10-5(7(9)11-4)6(8(13)14)12(2)3/h6H,1-3H3,(H,10,11)(H,13,14). The number of halogens is 1. The van der Waals surface area contributed by atoms with Crippen molar-refractivity contribution in [2.45, 2.75) is 13.0 Å². The molecule has 0 aliphatic heterocycles. The zero-order valence-corrected chi connectivity index (χ0v) is 8.96. The molecule has 0 bridgehead atoms. The Kier molecular flexibility index (Phi) is 3.13. The molecule has 78 valence electrons. The van der Waals surface area contributed by atoms with E-state index < -0.39 is 12.0 Å². The minimum absolute atomic E-state index is 0.212. The van der Waals surface area contributed by atoms with E-state index in [4.69, 9.17) is 16.7 Å². The zero-order valence-electron chi connectivity index (χ0n) is 8.21. The summed E-state index contributed by atoms with van der Waals surface area (Å²) in [7, 11) is 3.34. The normalized spacial score (nSPS) is 13.2. The second kappa shape index (κ2) is 3.98. The fourth-order valence-corrected chi connectivity index (χ4v) is 1.54. The van der Waals surface area contributed by atoms with Gasteiger partial charge in [-0.25, -0.2) is 4.98 Å². The molecule has 6 heteroatoms. The number of rotatable bonds is 3. The number of carboxylic acid groups (broad SMARTS) is 1. The van der Waals surface area contributed by atoms with Gasteiger partial charge in [-0.2, -0.15) is 0 Å². The lowest BCUT2D eigenvalue weighted by atomic mass is 10.2. The van der Waals surface area contributed by atoms with Crippen LogP contribution >= 0.6 is 11.6 Å². The van der Waals surface area contributed by atoms with Crippen LogP contribution in [0.3, 0.4) is 0 Å². The first-order valence-electron chi connectivity index (χ1n) is 4.04. The second-order valence-electron chi connectivity index (χ2n) is 3.23. The number of nitrogens with one attached hydrogen (secondary N) is 1. The van der Waals surface area contributed by atoms with Gasteiger partial charge in [0.15, 0.2) is 11.2 Å². The van der Waals surface area contributed by atoms with Crippen molar-refractivity contribution in [3.05, 3.63) is 16.7 Å². The van der Waals surface area contributed by atoms with E-state index in [1.807, 2.05) is 0 Å². The molecule has 0 aliphatic carbocycles. The summed E-state index contributed by atoms with van der Waals surface area (Å²) in [6, 6.07) is -0.788. The van der Waals surface area contributed by atoms with Gasteiger partial charge in [-0.15, -0.1) is 0 Å². The lowest BCUT2D eigenvalue weighted by Crippen LogP contribution is -2.28. The Bertz CT molecular complexity index is 348. The van der Waals surface area contributed by atoms with E-state index in [1.54, 1.807) is 25.9 Å². The van der Waals surface area contributed by atoms with Crippen LogP contribution in [-0.2, 0) is 4.79 Å². The lowest BCUT2D eigenvalue weighted by molar-refractivity contribution is -0.142. The average molecular weight is 218 g/mol. The number of carbonyl (C=O) groups is 1. The molecule has 0 spiro atoms. The molecule has 5 nitrogen and oxygen atoms in total. The molecule has 14 heavy (non-hydrogen) atoms. The maximum absolute atomic E-state index is 11.0. The molecular weight excluding hydrogens is 206 g/mol. The SMILES string of the molecule is Cc1nc(Cl)c(C(C(=O)O)N(C)C)[nH]1. The molecule has 1 rings (SSSR count). The molecule has 2 N–H and O–H groups in total. The predicted molar refractivity (Wildman–Crippen MR) is 52.4 cm³/mol. The predicted octanol–water partition coefficient (Wildman–Crippen LogP) is 1.06. The number of carboxylic acids is 1. The van der Waals surface area contributed by atoms with Gasteiger partial charge in [0.25, 0.3) is 0 Å². The van der Waals surface area contributed by atoms with Crippen molar-refractivity contribution in [3.63, 3.8) is 0 Å². The summed E-state index contributed by atoms with van der Waals surface area (Å²) in [4.78, 5) is 19.3. The number of hydrogen-bond acceptors (Lipinski definition) is 3. The van der Waals surface area contributed by atoms with Gasteiger partial charge in [-0.3, -0.25) is 9.69 Å². The van der Waals surface area contributed by atoms with Crippen molar-refractivity contribution in [1.82, 2.24) is 14.9 Å². The van der Waals surface area contributed by atoms with Crippen LogP contribution in [0.2, 0.25) is 5.15 Å². The Morgan fingerprint density at radius 2 is 2.21 bits per heavy atom. The van der Waals surface area contributed by atoms with Crippen molar-refractivity contribution in [2.24, 2.45) is 0 Å². The maximum atomic E-state index is 11.0. The van der Waals surface area contributed by atoms with Crippen molar-refractivity contribution in [2.75, 3.05) is 14.1 Å². The summed E-state index contributed by atoms with van der Waals surface area (Å²) < 4.78 is 0. The van der Waals surface area contributed by atoms with Crippen LogP contribution < -0.4 is 0 Å². The Hall–Kier alpha value is -1.07. The summed E-state index contributed by atoms with van der Waals surface area (Å²) in [6.45, 7) is 1.73.